The summed E-state index contributed by atoms with van der Waals surface area (Å²) in [4.78, 5) is 2.70. The average molecular weight is 197 g/mol. The Labute approximate surface area is 89.9 Å². The summed E-state index contributed by atoms with van der Waals surface area (Å²) in [5.41, 5.74) is 0.344. The van der Waals surface area contributed by atoms with Crippen LogP contribution in [0.2, 0.25) is 0 Å². The fraction of sp³-hybridized carbons (Fsp3) is 1.00. The second-order valence-electron chi connectivity index (χ2n) is 5.90. The normalized spacial score (nSPS) is 20.1. The quantitative estimate of drug-likeness (QED) is 0.650. The monoisotopic (exact) mass is 197 g/mol. The maximum absolute atomic E-state index is 2.70. The lowest BCUT2D eigenvalue weighted by atomic mass is 10.0. The summed E-state index contributed by atoms with van der Waals surface area (Å²) in [6.07, 6.45) is 5.57. The minimum atomic E-state index is 0.344. The van der Waals surface area contributed by atoms with Crippen molar-refractivity contribution in [3.8, 4) is 0 Å². The minimum Gasteiger partial charge on any atom is -0.296 e. The summed E-state index contributed by atoms with van der Waals surface area (Å²) in [5.74, 6) is 1.01. The molecule has 1 aliphatic carbocycles. The van der Waals surface area contributed by atoms with Crippen LogP contribution in [0.5, 0.6) is 0 Å². The molecule has 0 heterocycles. The van der Waals surface area contributed by atoms with Gasteiger partial charge in [0.1, 0.15) is 0 Å². The van der Waals surface area contributed by atoms with Crippen LogP contribution in [0.1, 0.15) is 60.3 Å². The molecule has 0 aromatic rings. The van der Waals surface area contributed by atoms with E-state index in [4.69, 9.17) is 0 Å². The molecule has 84 valence electrons. The molecule has 0 spiro atoms. The molecule has 0 bridgehead atoms. The highest BCUT2D eigenvalue weighted by molar-refractivity contribution is 4.86. The molecule has 1 nitrogen and oxygen atoms in total. The lowest BCUT2D eigenvalue weighted by Crippen LogP contribution is -2.47. The first-order valence-corrected chi connectivity index (χ1v) is 6.22. The number of rotatable bonds is 5. The zero-order valence-electron chi connectivity index (χ0n) is 10.6. The van der Waals surface area contributed by atoms with Gasteiger partial charge in [0.05, 0.1) is 0 Å². The molecule has 0 aromatic heterocycles. The van der Waals surface area contributed by atoms with Gasteiger partial charge < -0.3 is 0 Å². The summed E-state index contributed by atoms with van der Waals surface area (Å²) in [6.45, 7) is 13.0. The smallest absolute Gasteiger partial charge is 0.0127 e. The first kappa shape index (κ1) is 12.0. The van der Waals surface area contributed by atoms with Gasteiger partial charge >= 0.3 is 0 Å². The van der Waals surface area contributed by atoms with Gasteiger partial charge in [0.15, 0.2) is 0 Å². The lowest BCUT2D eigenvalue weighted by molar-refractivity contribution is 0.0795. The van der Waals surface area contributed by atoms with E-state index < -0.39 is 0 Å². The van der Waals surface area contributed by atoms with Crippen LogP contribution in [0.15, 0.2) is 0 Å². The molecule has 1 rings (SSSR count). The average Bonchev–Trinajstić information content (AvgIpc) is 2.81. The van der Waals surface area contributed by atoms with Crippen molar-refractivity contribution in [2.75, 3.05) is 6.54 Å². The van der Waals surface area contributed by atoms with Crippen LogP contribution >= 0.6 is 0 Å². The predicted octanol–water partition coefficient (Wildman–Crippen LogP) is 3.69. The van der Waals surface area contributed by atoms with Crippen molar-refractivity contribution >= 4 is 0 Å². The molecule has 0 saturated heterocycles. The van der Waals surface area contributed by atoms with Crippen molar-refractivity contribution in [1.29, 1.82) is 0 Å². The van der Waals surface area contributed by atoms with E-state index in [0.29, 0.717) is 5.54 Å². The van der Waals surface area contributed by atoms with Crippen molar-refractivity contribution in [2.45, 2.75) is 71.9 Å². The molecule has 0 N–H and O–H groups in total. The summed E-state index contributed by atoms with van der Waals surface area (Å²) in [6, 6.07) is 0.751. The largest absolute Gasteiger partial charge is 0.296 e. The molecule has 1 heteroatoms. The Kier molecular flexibility index (Phi) is 4.00. The highest BCUT2D eigenvalue weighted by atomic mass is 15.2. The summed E-state index contributed by atoms with van der Waals surface area (Å²) in [7, 11) is 0. The van der Waals surface area contributed by atoms with Gasteiger partial charge in [-0.05, 0) is 52.9 Å². The second kappa shape index (κ2) is 4.65. The van der Waals surface area contributed by atoms with Crippen molar-refractivity contribution < 1.29 is 0 Å². The molecule has 0 aliphatic heterocycles. The Morgan fingerprint density at radius 2 is 1.86 bits per heavy atom. The Hall–Kier alpha value is -0.0400. The second-order valence-corrected chi connectivity index (χ2v) is 5.90. The van der Waals surface area contributed by atoms with Crippen LogP contribution < -0.4 is 0 Å². The first-order chi connectivity index (χ1) is 6.45. The van der Waals surface area contributed by atoms with Gasteiger partial charge in [-0.1, -0.05) is 13.3 Å². The lowest BCUT2D eigenvalue weighted by Gasteiger charge is -2.40. The molecule has 1 saturated carbocycles. The first-order valence-electron chi connectivity index (χ1n) is 6.22. The summed E-state index contributed by atoms with van der Waals surface area (Å²) in [5, 5.41) is 0. The predicted molar refractivity (Wildman–Crippen MR) is 63.6 cm³/mol. The van der Waals surface area contributed by atoms with E-state index in [1.54, 1.807) is 0 Å². The van der Waals surface area contributed by atoms with Crippen molar-refractivity contribution in [2.24, 2.45) is 5.92 Å². The minimum absolute atomic E-state index is 0.344. The molecular weight excluding hydrogens is 170 g/mol. The fourth-order valence-electron chi connectivity index (χ4n) is 2.27. The maximum atomic E-state index is 2.70. The van der Waals surface area contributed by atoms with Crippen LogP contribution in [-0.4, -0.2) is 23.0 Å². The topological polar surface area (TPSA) is 3.24 Å². The van der Waals surface area contributed by atoms with Gasteiger partial charge in [-0.15, -0.1) is 0 Å². The molecule has 1 aliphatic rings. The number of hydrogen-bond donors (Lipinski definition) is 0. The Bertz CT molecular complexity index is 165. The Morgan fingerprint density at radius 1 is 1.29 bits per heavy atom. The van der Waals surface area contributed by atoms with Crippen molar-refractivity contribution in [1.82, 2.24) is 4.90 Å². The third-order valence-corrected chi connectivity index (χ3v) is 3.25. The van der Waals surface area contributed by atoms with E-state index in [0.717, 1.165) is 12.0 Å². The Balaban J connectivity index is 2.50. The van der Waals surface area contributed by atoms with Crippen LogP contribution in [-0.2, 0) is 0 Å². The van der Waals surface area contributed by atoms with Gasteiger partial charge in [0.2, 0.25) is 0 Å². The molecule has 1 unspecified atom stereocenters. The molecule has 1 atom stereocenters. The Morgan fingerprint density at radius 3 is 2.21 bits per heavy atom. The zero-order chi connectivity index (χ0) is 10.8. The highest BCUT2D eigenvalue weighted by Gasteiger charge is 2.32. The zero-order valence-corrected chi connectivity index (χ0v) is 10.6. The molecule has 0 radical (unpaired) electrons. The van der Waals surface area contributed by atoms with Crippen molar-refractivity contribution in [3.63, 3.8) is 0 Å². The van der Waals surface area contributed by atoms with Gasteiger partial charge in [0, 0.05) is 18.1 Å². The molecular formula is C13H27N. The van der Waals surface area contributed by atoms with Crippen molar-refractivity contribution in [3.05, 3.63) is 0 Å². The van der Waals surface area contributed by atoms with E-state index in [1.807, 2.05) is 0 Å². The van der Waals surface area contributed by atoms with Gasteiger partial charge in [-0.25, -0.2) is 0 Å². The van der Waals surface area contributed by atoms with Gasteiger partial charge in [-0.2, -0.15) is 0 Å². The number of nitrogens with zero attached hydrogens (tertiary/aromatic N) is 1. The third-order valence-electron chi connectivity index (χ3n) is 3.25. The molecule has 14 heavy (non-hydrogen) atoms. The highest BCUT2D eigenvalue weighted by Crippen LogP contribution is 2.33. The van der Waals surface area contributed by atoms with Crippen LogP contribution in [0, 0.1) is 5.92 Å². The maximum Gasteiger partial charge on any atom is 0.0127 e. The SMILES string of the molecule is CCCC(C)N(CC1CC1)C(C)(C)C. The molecule has 0 aromatic carbocycles. The van der Waals surface area contributed by atoms with E-state index >= 15 is 0 Å². The van der Waals surface area contributed by atoms with Gasteiger partial charge in [0.25, 0.3) is 0 Å². The summed E-state index contributed by atoms with van der Waals surface area (Å²) >= 11 is 0. The number of hydrogen-bond acceptors (Lipinski definition) is 1. The van der Waals surface area contributed by atoms with E-state index in [1.165, 1.54) is 32.2 Å². The van der Waals surface area contributed by atoms with Gasteiger partial charge in [-0.3, -0.25) is 4.90 Å². The van der Waals surface area contributed by atoms with Crippen LogP contribution in [0.25, 0.3) is 0 Å². The fourth-order valence-corrected chi connectivity index (χ4v) is 2.27. The van der Waals surface area contributed by atoms with E-state index in [9.17, 15) is 0 Å². The molecule has 1 fully saturated rings. The molecule has 0 amide bonds. The van der Waals surface area contributed by atoms with Crippen LogP contribution in [0.4, 0.5) is 0 Å². The van der Waals surface area contributed by atoms with Crippen LogP contribution in [0.3, 0.4) is 0 Å². The third kappa shape index (κ3) is 3.61. The van der Waals surface area contributed by atoms with E-state index in [-0.39, 0.29) is 0 Å². The summed E-state index contributed by atoms with van der Waals surface area (Å²) < 4.78 is 0. The standard InChI is InChI=1S/C13H27N/c1-6-7-11(2)14(13(3,4)5)10-12-8-9-12/h11-12H,6-10H2,1-5H3. The van der Waals surface area contributed by atoms with E-state index in [2.05, 4.69) is 39.5 Å².